The highest BCUT2D eigenvalue weighted by Crippen LogP contribution is 2.19. The second-order valence-corrected chi connectivity index (χ2v) is 4.79. The Hall–Kier alpha value is -0.540. The van der Waals surface area contributed by atoms with Crippen molar-refractivity contribution in [3.05, 3.63) is 29.8 Å². The van der Waals surface area contributed by atoms with Crippen molar-refractivity contribution in [2.75, 3.05) is 11.9 Å². The first-order valence-electron chi connectivity index (χ1n) is 5.81. The molecule has 0 aromatic heterocycles. The summed E-state index contributed by atoms with van der Waals surface area (Å²) in [6, 6.07) is 8.27. The quantitative estimate of drug-likeness (QED) is 0.788. The molecule has 1 aliphatic rings. The summed E-state index contributed by atoms with van der Waals surface area (Å²) >= 11 is 3.43. The van der Waals surface area contributed by atoms with Crippen molar-refractivity contribution in [3.8, 4) is 5.75 Å². The molecule has 0 saturated carbocycles. The van der Waals surface area contributed by atoms with Crippen molar-refractivity contribution in [1.29, 1.82) is 0 Å². The van der Waals surface area contributed by atoms with E-state index in [2.05, 4.69) is 28.1 Å². The second-order valence-electron chi connectivity index (χ2n) is 4.00. The molecule has 88 valence electrons. The van der Waals surface area contributed by atoms with Gasteiger partial charge in [0.1, 0.15) is 5.75 Å². The van der Waals surface area contributed by atoms with Gasteiger partial charge in [0, 0.05) is 11.8 Å². The van der Waals surface area contributed by atoms with Gasteiger partial charge in [-0.2, -0.15) is 0 Å². The molecule has 1 unspecified atom stereocenters. The van der Waals surface area contributed by atoms with Crippen molar-refractivity contribution in [2.45, 2.75) is 32.0 Å². The van der Waals surface area contributed by atoms with Crippen LogP contribution in [0.1, 0.15) is 24.8 Å². The molecular weight excluding hydrogens is 268 g/mol. The zero-order chi connectivity index (χ0) is 11.2. The Bertz CT molecular complexity index is 304. The summed E-state index contributed by atoms with van der Waals surface area (Å²) in [6.07, 6.45) is 4.37. The van der Waals surface area contributed by atoms with E-state index in [1.807, 2.05) is 12.1 Å². The lowest BCUT2D eigenvalue weighted by atomic mass is 10.1. The lowest BCUT2D eigenvalue weighted by molar-refractivity contribution is -0.105. The molecule has 1 aromatic carbocycles. The molecule has 1 saturated heterocycles. The van der Waals surface area contributed by atoms with Gasteiger partial charge in [-0.25, -0.2) is 0 Å². The van der Waals surface area contributed by atoms with Crippen LogP contribution < -0.4 is 4.74 Å². The molecule has 16 heavy (non-hydrogen) atoms. The van der Waals surface area contributed by atoms with Gasteiger partial charge in [-0.1, -0.05) is 28.1 Å². The number of hydrogen-bond donors (Lipinski definition) is 0. The highest BCUT2D eigenvalue weighted by atomic mass is 79.9. The maximum Gasteiger partial charge on any atom is 0.199 e. The van der Waals surface area contributed by atoms with Gasteiger partial charge < -0.3 is 9.47 Å². The normalized spacial score (nSPS) is 20.7. The number of aryl methyl sites for hydroxylation is 1. The molecule has 1 aliphatic heterocycles. The number of hydrogen-bond acceptors (Lipinski definition) is 2. The van der Waals surface area contributed by atoms with E-state index < -0.39 is 0 Å². The number of alkyl halides is 1. The van der Waals surface area contributed by atoms with Gasteiger partial charge in [0.05, 0.1) is 6.61 Å². The van der Waals surface area contributed by atoms with Crippen LogP contribution in [0, 0.1) is 0 Å². The van der Waals surface area contributed by atoms with E-state index in [0.717, 1.165) is 36.9 Å². The van der Waals surface area contributed by atoms with Crippen LogP contribution in [0.3, 0.4) is 0 Å². The van der Waals surface area contributed by atoms with Crippen LogP contribution in [-0.4, -0.2) is 18.2 Å². The molecule has 1 atom stereocenters. The number of rotatable bonds is 4. The minimum Gasteiger partial charge on any atom is -0.465 e. The summed E-state index contributed by atoms with van der Waals surface area (Å²) in [6.45, 7) is 0.826. The van der Waals surface area contributed by atoms with Crippen LogP contribution in [0.2, 0.25) is 0 Å². The second kappa shape index (κ2) is 6.26. The third-order valence-electron chi connectivity index (χ3n) is 2.71. The predicted octanol–water partition coefficient (Wildman–Crippen LogP) is 3.53. The van der Waals surface area contributed by atoms with Crippen LogP contribution in [0.5, 0.6) is 5.75 Å². The summed E-state index contributed by atoms with van der Waals surface area (Å²) in [5.74, 6) is 0.908. The summed E-state index contributed by atoms with van der Waals surface area (Å²) in [5, 5.41) is 0.999. The first kappa shape index (κ1) is 11.9. The Morgan fingerprint density at radius 1 is 1.25 bits per heavy atom. The first-order chi connectivity index (χ1) is 7.88. The Balaban J connectivity index is 1.88. The van der Waals surface area contributed by atoms with Gasteiger partial charge >= 0.3 is 0 Å². The van der Waals surface area contributed by atoms with E-state index >= 15 is 0 Å². The summed E-state index contributed by atoms with van der Waals surface area (Å²) in [5.41, 5.74) is 1.33. The SMILES string of the molecule is BrCCc1ccc(OC2CCCCO2)cc1. The minimum absolute atomic E-state index is 0.0456. The van der Waals surface area contributed by atoms with Crippen LogP contribution in [0.4, 0.5) is 0 Å². The summed E-state index contributed by atoms with van der Waals surface area (Å²) < 4.78 is 11.3. The minimum atomic E-state index is -0.0456. The van der Waals surface area contributed by atoms with Gasteiger partial charge in [-0.05, 0) is 37.0 Å². The number of ether oxygens (including phenoxy) is 2. The summed E-state index contributed by atoms with van der Waals surface area (Å²) in [7, 11) is 0. The average molecular weight is 285 g/mol. The van der Waals surface area contributed by atoms with Crippen LogP contribution in [-0.2, 0) is 11.2 Å². The molecule has 0 amide bonds. The van der Waals surface area contributed by atoms with E-state index in [1.165, 1.54) is 12.0 Å². The lowest BCUT2D eigenvalue weighted by Crippen LogP contribution is -2.24. The van der Waals surface area contributed by atoms with Gasteiger partial charge in [0.15, 0.2) is 6.29 Å². The standard InChI is InChI=1S/C13H17BrO2/c14-9-8-11-4-6-12(7-5-11)16-13-3-1-2-10-15-13/h4-7,13H,1-3,8-10H2. The van der Waals surface area contributed by atoms with Gasteiger partial charge in [-0.3, -0.25) is 0 Å². The largest absolute Gasteiger partial charge is 0.465 e. The molecule has 0 N–H and O–H groups in total. The summed E-state index contributed by atoms with van der Waals surface area (Å²) in [4.78, 5) is 0. The number of halogens is 1. The van der Waals surface area contributed by atoms with Gasteiger partial charge in [0.2, 0.25) is 0 Å². The van der Waals surface area contributed by atoms with E-state index in [0.29, 0.717) is 0 Å². The molecule has 1 aromatic rings. The molecular formula is C13H17BrO2. The van der Waals surface area contributed by atoms with Crippen molar-refractivity contribution < 1.29 is 9.47 Å². The zero-order valence-electron chi connectivity index (χ0n) is 9.32. The third kappa shape index (κ3) is 3.49. The maximum atomic E-state index is 5.75. The first-order valence-corrected chi connectivity index (χ1v) is 6.94. The molecule has 0 radical (unpaired) electrons. The smallest absolute Gasteiger partial charge is 0.199 e. The fourth-order valence-corrected chi connectivity index (χ4v) is 2.26. The molecule has 0 aliphatic carbocycles. The fraction of sp³-hybridized carbons (Fsp3) is 0.538. The maximum absolute atomic E-state index is 5.75. The molecule has 1 fully saturated rings. The highest BCUT2D eigenvalue weighted by Gasteiger charge is 2.14. The zero-order valence-corrected chi connectivity index (χ0v) is 10.9. The molecule has 1 heterocycles. The van der Waals surface area contributed by atoms with Gasteiger partial charge in [0.25, 0.3) is 0 Å². The number of benzene rings is 1. The van der Waals surface area contributed by atoms with Crippen molar-refractivity contribution in [2.24, 2.45) is 0 Å². The predicted molar refractivity (Wildman–Crippen MR) is 68.2 cm³/mol. The third-order valence-corrected chi connectivity index (χ3v) is 3.11. The molecule has 3 heteroatoms. The Morgan fingerprint density at radius 2 is 2.06 bits per heavy atom. The Kier molecular flexibility index (Phi) is 4.67. The average Bonchev–Trinajstić information content (AvgIpc) is 2.33. The van der Waals surface area contributed by atoms with E-state index in [9.17, 15) is 0 Å². The van der Waals surface area contributed by atoms with Crippen molar-refractivity contribution >= 4 is 15.9 Å². The van der Waals surface area contributed by atoms with Crippen molar-refractivity contribution in [1.82, 2.24) is 0 Å². The van der Waals surface area contributed by atoms with Crippen LogP contribution in [0.25, 0.3) is 0 Å². The van der Waals surface area contributed by atoms with Crippen LogP contribution in [0.15, 0.2) is 24.3 Å². The molecule has 0 spiro atoms. The Labute approximate surface area is 105 Å². The topological polar surface area (TPSA) is 18.5 Å². The fourth-order valence-electron chi connectivity index (χ4n) is 1.80. The van der Waals surface area contributed by atoms with E-state index in [4.69, 9.17) is 9.47 Å². The molecule has 2 rings (SSSR count). The highest BCUT2D eigenvalue weighted by molar-refractivity contribution is 9.09. The van der Waals surface area contributed by atoms with E-state index in [1.54, 1.807) is 0 Å². The van der Waals surface area contributed by atoms with Crippen molar-refractivity contribution in [3.63, 3.8) is 0 Å². The molecule has 2 nitrogen and oxygen atoms in total. The Morgan fingerprint density at radius 3 is 2.69 bits per heavy atom. The molecule has 0 bridgehead atoms. The van der Waals surface area contributed by atoms with Gasteiger partial charge in [-0.15, -0.1) is 0 Å². The van der Waals surface area contributed by atoms with Crippen LogP contribution >= 0.6 is 15.9 Å². The lowest BCUT2D eigenvalue weighted by Gasteiger charge is -2.23. The monoisotopic (exact) mass is 284 g/mol. The van der Waals surface area contributed by atoms with E-state index in [-0.39, 0.29) is 6.29 Å².